The molecule has 0 heterocycles. The van der Waals surface area contributed by atoms with Crippen molar-refractivity contribution in [2.45, 2.75) is 71.0 Å². The molecule has 0 radical (unpaired) electrons. The van der Waals surface area contributed by atoms with E-state index in [0.717, 1.165) is 37.4 Å². The molecule has 116 valence electrons. The Morgan fingerprint density at radius 2 is 1.45 bits per heavy atom. The number of carbonyl (C=O) groups is 2. The highest BCUT2D eigenvalue weighted by molar-refractivity contribution is 6.75. The van der Waals surface area contributed by atoms with Gasteiger partial charge >= 0.3 is 5.97 Å². The van der Waals surface area contributed by atoms with Crippen LogP contribution in [-0.2, 0) is 14.0 Å². The van der Waals surface area contributed by atoms with E-state index in [0.29, 0.717) is 0 Å². The SMILES string of the molecule is C=C(CCC(=O)O[Si](CCC)(CCC)CCC)C(=O)O. The number of hydrogen-bond donors (Lipinski definition) is 1. The number of aliphatic carboxylic acids is 1. The van der Waals surface area contributed by atoms with Crippen molar-refractivity contribution in [2.24, 2.45) is 0 Å². The first-order chi connectivity index (χ1) is 9.40. The minimum atomic E-state index is -1.98. The molecule has 0 aromatic heterocycles. The lowest BCUT2D eigenvalue weighted by atomic mass is 10.2. The van der Waals surface area contributed by atoms with Crippen molar-refractivity contribution in [1.82, 2.24) is 0 Å². The normalized spacial score (nSPS) is 11.2. The van der Waals surface area contributed by atoms with Gasteiger partial charge in [0.15, 0.2) is 0 Å². The van der Waals surface area contributed by atoms with Gasteiger partial charge in [-0.1, -0.05) is 46.6 Å². The van der Waals surface area contributed by atoms with E-state index in [1.54, 1.807) is 0 Å². The number of carboxylic acids is 1. The maximum absolute atomic E-state index is 12.0. The van der Waals surface area contributed by atoms with Gasteiger partial charge in [0.1, 0.15) is 0 Å². The summed E-state index contributed by atoms with van der Waals surface area (Å²) in [4.78, 5) is 22.7. The Morgan fingerprint density at radius 1 is 1.00 bits per heavy atom. The molecule has 0 rings (SSSR count). The second-order valence-corrected chi connectivity index (χ2v) is 9.39. The molecule has 0 saturated heterocycles. The Bertz CT molecular complexity index is 322. The van der Waals surface area contributed by atoms with E-state index in [-0.39, 0.29) is 24.4 Å². The monoisotopic (exact) mass is 300 g/mol. The topological polar surface area (TPSA) is 63.6 Å². The van der Waals surface area contributed by atoms with E-state index in [1.807, 2.05) is 0 Å². The van der Waals surface area contributed by atoms with Crippen LogP contribution < -0.4 is 0 Å². The molecule has 1 N–H and O–H groups in total. The quantitative estimate of drug-likeness (QED) is 0.460. The van der Waals surface area contributed by atoms with Gasteiger partial charge in [-0.3, -0.25) is 4.79 Å². The lowest BCUT2D eigenvalue weighted by molar-refractivity contribution is -0.135. The van der Waals surface area contributed by atoms with Crippen molar-refractivity contribution in [1.29, 1.82) is 0 Å². The Kier molecular flexibility index (Phi) is 9.21. The molecule has 0 aromatic carbocycles. The first-order valence-corrected chi connectivity index (χ1v) is 10.1. The number of carbonyl (C=O) groups excluding carboxylic acids is 1. The Hall–Kier alpha value is -1.10. The second-order valence-electron chi connectivity index (χ2n) is 5.32. The summed E-state index contributed by atoms with van der Waals surface area (Å²) in [6.45, 7) is 9.79. The molecule has 0 unspecified atom stereocenters. The first kappa shape index (κ1) is 18.9. The minimum absolute atomic E-state index is 0.0655. The van der Waals surface area contributed by atoms with Gasteiger partial charge in [-0.05, 0) is 24.6 Å². The zero-order chi connectivity index (χ0) is 15.6. The summed E-state index contributed by atoms with van der Waals surface area (Å²) in [5, 5.41) is 8.74. The maximum atomic E-state index is 12.0. The van der Waals surface area contributed by atoms with Crippen molar-refractivity contribution in [3.8, 4) is 0 Å². The summed E-state index contributed by atoms with van der Waals surface area (Å²) in [7, 11) is -1.98. The van der Waals surface area contributed by atoms with Gasteiger partial charge in [-0.15, -0.1) is 0 Å². The second kappa shape index (κ2) is 9.75. The Balaban J connectivity index is 4.58. The molecule has 0 aromatic rings. The van der Waals surface area contributed by atoms with E-state index in [2.05, 4.69) is 27.4 Å². The lowest BCUT2D eigenvalue weighted by Crippen LogP contribution is -2.40. The largest absolute Gasteiger partial charge is 0.519 e. The van der Waals surface area contributed by atoms with Crippen LogP contribution in [0.3, 0.4) is 0 Å². The van der Waals surface area contributed by atoms with Crippen LogP contribution in [-0.4, -0.2) is 25.4 Å². The molecule has 0 bridgehead atoms. The fourth-order valence-corrected chi connectivity index (χ4v) is 6.92. The maximum Gasteiger partial charge on any atom is 0.330 e. The fourth-order valence-electron chi connectivity index (χ4n) is 2.55. The van der Waals surface area contributed by atoms with Crippen LogP contribution in [0.25, 0.3) is 0 Å². The molecule has 0 atom stereocenters. The molecule has 5 heteroatoms. The van der Waals surface area contributed by atoms with Crippen molar-refractivity contribution in [2.75, 3.05) is 0 Å². The number of rotatable bonds is 11. The molecular formula is C15H28O4Si. The van der Waals surface area contributed by atoms with Crippen LogP contribution in [0.4, 0.5) is 0 Å². The van der Waals surface area contributed by atoms with Gasteiger partial charge in [0.2, 0.25) is 0 Å². The summed E-state index contributed by atoms with van der Waals surface area (Å²) < 4.78 is 5.86. The highest BCUT2D eigenvalue weighted by Gasteiger charge is 2.35. The third-order valence-corrected chi connectivity index (χ3v) is 8.27. The van der Waals surface area contributed by atoms with E-state index in [1.165, 1.54) is 0 Å². The molecule has 4 nitrogen and oxygen atoms in total. The fraction of sp³-hybridized carbons (Fsp3) is 0.733. The summed E-state index contributed by atoms with van der Waals surface area (Å²) in [5.74, 6) is -1.30. The standard InChI is InChI=1S/C15H28O4Si/c1-5-10-20(11-6-2,12-7-3)19-14(16)9-8-13(4)15(17)18/h4-12H2,1-3H3,(H,17,18). The molecule has 0 amide bonds. The van der Waals surface area contributed by atoms with Crippen LogP contribution in [0.2, 0.25) is 18.1 Å². The predicted octanol–water partition coefficient (Wildman–Crippen LogP) is 4.13. The molecule has 0 aliphatic rings. The van der Waals surface area contributed by atoms with Crippen molar-refractivity contribution < 1.29 is 19.1 Å². The van der Waals surface area contributed by atoms with Crippen LogP contribution in [0, 0.1) is 0 Å². The lowest BCUT2D eigenvalue weighted by Gasteiger charge is -2.30. The number of carboxylic acid groups (broad SMARTS) is 1. The molecular weight excluding hydrogens is 272 g/mol. The Morgan fingerprint density at radius 3 is 1.80 bits per heavy atom. The number of hydrogen-bond acceptors (Lipinski definition) is 3. The smallest absolute Gasteiger partial charge is 0.330 e. The van der Waals surface area contributed by atoms with Crippen LogP contribution in [0.15, 0.2) is 12.2 Å². The molecule has 0 aliphatic carbocycles. The van der Waals surface area contributed by atoms with Gasteiger partial charge in [-0.2, -0.15) is 0 Å². The van der Waals surface area contributed by atoms with Crippen LogP contribution >= 0.6 is 0 Å². The van der Waals surface area contributed by atoms with Gasteiger partial charge in [-0.25, -0.2) is 4.79 Å². The highest BCUT2D eigenvalue weighted by Crippen LogP contribution is 2.28. The van der Waals surface area contributed by atoms with Gasteiger partial charge in [0, 0.05) is 12.0 Å². The third kappa shape index (κ3) is 6.89. The summed E-state index contributed by atoms with van der Waals surface area (Å²) in [6.07, 6.45) is 3.38. The van der Waals surface area contributed by atoms with E-state index >= 15 is 0 Å². The highest BCUT2D eigenvalue weighted by atomic mass is 28.4. The summed E-state index contributed by atoms with van der Waals surface area (Å²) >= 11 is 0. The van der Waals surface area contributed by atoms with Crippen LogP contribution in [0.5, 0.6) is 0 Å². The van der Waals surface area contributed by atoms with E-state index in [9.17, 15) is 9.59 Å². The van der Waals surface area contributed by atoms with Gasteiger partial charge in [0.05, 0.1) is 0 Å². The average molecular weight is 300 g/mol. The van der Waals surface area contributed by atoms with Crippen molar-refractivity contribution in [3.63, 3.8) is 0 Å². The van der Waals surface area contributed by atoms with Gasteiger partial charge in [0.25, 0.3) is 14.3 Å². The molecule has 0 spiro atoms. The zero-order valence-electron chi connectivity index (χ0n) is 13.0. The minimum Gasteiger partial charge on any atom is -0.519 e. The van der Waals surface area contributed by atoms with E-state index in [4.69, 9.17) is 9.53 Å². The summed E-state index contributed by atoms with van der Waals surface area (Å²) in [6, 6.07) is 3.00. The first-order valence-electron chi connectivity index (χ1n) is 7.53. The van der Waals surface area contributed by atoms with Crippen molar-refractivity contribution >= 4 is 20.3 Å². The van der Waals surface area contributed by atoms with Gasteiger partial charge < -0.3 is 9.53 Å². The molecule has 20 heavy (non-hydrogen) atoms. The average Bonchev–Trinajstić information content (AvgIpc) is 2.36. The van der Waals surface area contributed by atoms with E-state index < -0.39 is 14.3 Å². The zero-order valence-corrected chi connectivity index (χ0v) is 14.0. The summed E-state index contributed by atoms with van der Waals surface area (Å²) in [5.41, 5.74) is 0.0655. The molecule has 0 fully saturated rings. The predicted molar refractivity (Wildman–Crippen MR) is 83.1 cm³/mol. The molecule has 0 saturated carbocycles. The molecule has 0 aliphatic heterocycles. The third-order valence-electron chi connectivity index (χ3n) is 3.38. The Labute approximate surface area is 123 Å². The van der Waals surface area contributed by atoms with Crippen LogP contribution in [0.1, 0.15) is 52.9 Å². The van der Waals surface area contributed by atoms with Crippen molar-refractivity contribution in [3.05, 3.63) is 12.2 Å².